The third kappa shape index (κ3) is 2.46. The van der Waals surface area contributed by atoms with Crippen molar-refractivity contribution in [3.05, 3.63) is 0 Å². The Hall–Kier alpha value is -0.0800. The molecule has 0 aromatic carbocycles. The maximum absolute atomic E-state index is 3.44. The molecular formula is C10H22N2. The lowest BCUT2D eigenvalue weighted by Crippen LogP contribution is -2.35. The Bertz CT molecular complexity index is 123. The van der Waals surface area contributed by atoms with Gasteiger partial charge in [-0.1, -0.05) is 27.2 Å². The van der Waals surface area contributed by atoms with Crippen molar-refractivity contribution in [3.63, 3.8) is 0 Å². The van der Waals surface area contributed by atoms with Crippen LogP contribution in [0, 0.1) is 5.92 Å². The summed E-state index contributed by atoms with van der Waals surface area (Å²) in [6.45, 7) is 10.4. The first-order valence-electron chi connectivity index (χ1n) is 5.20. The average molecular weight is 170 g/mol. The van der Waals surface area contributed by atoms with Gasteiger partial charge in [0.15, 0.2) is 0 Å². The van der Waals surface area contributed by atoms with E-state index in [-0.39, 0.29) is 0 Å². The Kier molecular flexibility index (Phi) is 4.02. The number of hydrogen-bond acceptors (Lipinski definition) is 2. The summed E-state index contributed by atoms with van der Waals surface area (Å²) >= 11 is 0. The van der Waals surface area contributed by atoms with E-state index >= 15 is 0 Å². The zero-order chi connectivity index (χ0) is 8.97. The molecular weight excluding hydrogens is 148 g/mol. The van der Waals surface area contributed by atoms with Crippen molar-refractivity contribution in [2.24, 2.45) is 5.92 Å². The van der Waals surface area contributed by atoms with Crippen LogP contribution in [-0.4, -0.2) is 30.7 Å². The molecule has 12 heavy (non-hydrogen) atoms. The van der Waals surface area contributed by atoms with Crippen molar-refractivity contribution in [3.8, 4) is 0 Å². The van der Waals surface area contributed by atoms with Crippen LogP contribution in [0.4, 0.5) is 0 Å². The maximum Gasteiger partial charge on any atom is 0.0484 e. The fourth-order valence-corrected chi connectivity index (χ4v) is 1.87. The Morgan fingerprint density at radius 2 is 2.25 bits per heavy atom. The maximum atomic E-state index is 3.44. The predicted octanol–water partition coefficient (Wildman–Crippen LogP) is 1.67. The zero-order valence-corrected chi connectivity index (χ0v) is 8.64. The van der Waals surface area contributed by atoms with E-state index in [2.05, 4.69) is 31.0 Å². The minimum absolute atomic E-state index is 0.775. The molecule has 0 spiro atoms. The molecule has 0 bridgehead atoms. The van der Waals surface area contributed by atoms with Crippen molar-refractivity contribution in [1.82, 2.24) is 10.2 Å². The van der Waals surface area contributed by atoms with Crippen molar-refractivity contribution in [2.45, 2.75) is 39.7 Å². The van der Waals surface area contributed by atoms with Crippen LogP contribution in [0.1, 0.15) is 33.6 Å². The van der Waals surface area contributed by atoms with Gasteiger partial charge >= 0.3 is 0 Å². The lowest BCUT2D eigenvalue weighted by molar-refractivity contribution is 0.210. The van der Waals surface area contributed by atoms with Gasteiger partial charge in [0.1, 0.15) is 0 Å². The summed E-state index contributed by atoms with van der Waals surface area (Å²) in [5.41, 5.74) is 0. The molecule has 0 aromatic rings. The lowest BCUT2D eigenvalue weighted by atomic mass is 10.0. The van der Waals surface area contributed by atoms with Crippen LogP contribution in [0.15, 0.2) is 0 Å². The van der Waals surface area contributed by atoms with Crippen molar-refractivity contribution >= 4 is 0 Å². The first-order valence-corrected chi connectivity index (χ1v) is 5.20. The third-order valence-corrected chi connectivity index (χ3v) is 2.71. The van der Waals surface area contributed by atoms with E-state index in [1.807, 2.05) is 0 Å². The molecule has 1 heterocycles. The highest BCUT2D eigenvalue weighted by atomic mass is 15.3. The molecule has 1 aliphatic rings. The second-order valence-corrected chi connectivity index (χ2v) is 4.09. The Morgan fingerprint density at radius 1 is 1.50 bits per heavy atom. The van der Waals surface area contributed by atoms with Gasteiger partial charge in [-0.05, 0) is 18.9 Å². The van der Waals surface area contributed by atoms with Crippen molar-refractivity contribution in [2.75, 3.05) is 19.8 Å². The number of unbranched alkanes of at least 4 members (excludes halogenated alkanes) is 1. The van der Waals surface area contributed by atoms with Crippen LogP contribution in [0.3, 0.4) is 0 Å². The third-order valence-electron chi connectivity index (χ3n) is 2.71. The number of nitrogens with one attached hydrogen (secondary N) is 1. The zero-order valence-electron chi connectivity index (χ0n) is 8.64. The molecule has 1 N–H and O–H groups in total. The first-order chi connectivity index (χ1) is 5.75. The van der Waals surface area contributed by atoms with Gasteiger partial charge in [-0.25, -0.2) is 0 Å². The van der Waals surface area contributed by atoms with Gasteiger partial charge in [0.05, 0.1) is 0 Å². The molecule has 0 saturated carbocycles. The van der Waals surface area contributed by atoms with Crippen molar-refractivity contribution < 1.29 is 0 Å². The van der Waals surface area contributed by atoms with Gasteiger partial charge < -0.3 is 5.32 Å². The van der Waals surface area contributed by atoms with E-state index in [0.717, 1.165) is 18.6 Å². The van der Waals surface area contributed by atoms with Crippen LogP contribution < -0.4 is 5.32 Å². The highest BCUT2D eigenvalue weighted by molar-refractivity contribution is 4.81. The Morgan fingerprint density at radius 3 is 2.83 bits per heavy atom. The topological polar surface area (TPSA) is 15.3 Å². The molecule has 0 amide bonds. The summed E-state index contributed by atoms with van der Waals surface area (Å²) in [5, 5.41) is 3.44. The second-order valence-electron chi connectivity index (χ2n) is 4.09. The molecule has 72 valence electrons. The minimum atomic E-state index is 0.775. The predicted molar refractivity (Wildman–Crippen MR) is 53.1 cm³/mol. The summed E-state index contributed by atoms with van der Waals surface area (Å²) in [5.74, 6) is 0.789. The summed E-state index contributed by atoms with van der Waals surface area (Å²) in [6, 6.07) is 0.775. The van der Waals surface area contributed by atoms with Gasteiger partial charge in [-0.2, -0.15) is 0 Å². The van der Waals surface area contributed by atoms with Crippen LogP contribution in [0.5, 0.6) is 0 Å². The Labute approximate surface area is 76.3 Å². The molecule has 1 saturated heterocycles. The minimum Gasteiger partial charge on any atom is -0.303 e. The van der Waals surface area contributed by atoms with E-state index in [1.165, 1.54) is 25.9 Å². The monoisotopic (exact) mass is 170 g/mol. The number of rotatable bonds is 4. The molecule has 1 rings (SSSR count). The number of nitrogens with zero attached hydrogens (tertiary/aromatic N) is 1. The SMILES string of the molecule is CCCCN1CNCC1C(C)C. The molecule has 0 aliphatic carbocycles. The average Bonchev–Trinajstić information content (AvgIpc) is 2.48. The normalized spacial score (nSPS) is 25.5. The highest BCUT2D eigenvalue weighted by Gasteiger charge is 2.25. The quantitative estimate of drug-likeness (QED) is 0.690. The summed E-state index contributed by atoms with van der Waals surface area (Å²) in [4.78, 5) is 2.58. The van der Waals surface area contributed by atoms with E-state index in [4.69, 9.17) is 0 Å². The van der Waals surface area contributed by atoms with E-state index in [0.29, 0.717) is 0 Å². The standard InChI is InChI=1S/C10H22N2/c1-4-5-6-12-8-11-7-10(12)9(2)3/h9-11H,4-8H2,1-3H3. The molecule has 1 aliphatic heterocycles. The second kappa shape index (κ2) is 4.83. The smallest absolute Gasteiger partial charge is 0.0484 e. The summed E-state index contributed by atoms with van der Waals surface area (Å²) < 4.78 is 0. The van der Waals surface area contributed by atoms with Crippen LogP contribution >= 0.6 is 0 Å². The van der Waals surface area contributed by atoms with E-state index < -0.39 is 0 Å². The van der Waals surface area contributed by atoms with Gasteiger partial charge in [0, 0.05) is 19.3 Å². The molecule has 1 unspecified atom stereocenters. The summed E-state index contributed by atoms with van der Waals surface area (Å²) in [6.07, 6.45) is 2.65. The van der Waals surface area contributed by atoms with Gasteiger partial charge in [-0.3, -0.25) is 4.90 Å². The molecule has 0 aromatic heterocycles. The van der Waals surface area contributed by atoms with Gasteiger partial charge in [-0.15, -0.1) is 0 Å². The molecule has 1 fully saturated rings. The highest BCUT2D eigenvalue weighted by Crippen LogP contribution is 2.14. The Balaban J connectivity index is 2.30. The molecule has 2 heteroatoms. The largest absolute Gasteiger partial charge is 0.303 e. The molecule has 2 nitrogen and oxygen atoms in total. The van der Waals surface area contributed by atoms with Crippen LogP contribution in [-0.2, 0) is 0 Å². The van der Waals surface area contributed by atoms with Crippen LogP contribution in [0.25, 0.3) is 0 Å². The summed E-state index contributed by atoms with van der Waals surface area (Å²) in [7, 11) is 0. The fraction of sp³-hybridized carbons (Fsp3) is 1.00. The van der Waals surface area contributed by atoms with Gasteiger partial charge in [0.25, 0.3) is 0 Å². The fourth-order valence-electron chi connectivity index (χ4n) is 1.87. The van der Waals surface area contributed by atoms with Crippen LogP contribution in [0.2, 0.25) is 0 Å². The van der Waals surface area contributed by atoms with Crippen molar-refractivity contribution in [1.29, 1.82) is 0 Å². The lowest BCUT2D eigenvalue weighted by Gasteiger charge is -2.25. The molecule has 1 atom stereocenters. The molecule has 0 radical (unpaired) electrons. The number of hydrogen-bond donors (Lipinski definition) is 1. The van der Waals surface area contributed by atoms with Gasteiger partial charge in [0.2, 0.25) is 0 Å². The first kappa shape index (κ1) is 10.0. The van der Waals surface area contributed by atoms with E-state index in [9.17, 15) is 0 Å². The van der Waals surface area contributed by atoms with E-state index in [1.54, 1.807) is 0 Å².